The minimum atomic E-state index is -0.702. The lowest BCUT2D eigenvalue weighted by molar-refractivity contribution is -0.0597. The summed E-state index contributed by atoms with van der Waals surface area (Å²) in [7, 11) is 3.15. The smallest absolute Gasteiger partial charge is 0.106 e. The van der Waals surface area contributed by atoms with Gasteiger partial charge in [0.15, 0.2) is 0 Å². The van der Waals surface area contributed by atoms with Crippen molar-refractivity contribution in [2.45, 2.75) is 31.7 Å². The molecule has 0 aliphatic heterocycles. The molecule has 0 saturated carbocycles. The zero-order valence-corrected chi connectivity index (χ0v) is 11.8. The molecule has 0 radical (unpaired) electrons. The second-order valence-electron chi connectivity index (χ2n) is 4.80. The van der Waals surface area contributed by atoms with Crippen LogP contribution in [0, 0.1) is 5.92 Å². The summed E-state index contributed by atoms with van der Waals surface area (Å²) in [5.74, 6) is 0.117. The molecule has 4 atom stereocenters. The second-order valence-corrected chi connectivity index (χ2v) is 4.80. The number of benzene rings is 1. The summed E-state index contributed by atoms with van der Waals surface area (Å²) >= 11 is 0. The van der Waals surface area contributed by atoms with Crippen molar-refractivity contribution in [3.63, 3.8) is 0 Å². The predicted molar refractivity (Wildman–Crippen MR) is 73.9 cm³/mol. The maximum Gasteiger partial charge on any atom is 0.106 e. The fourth-order valence-corrected chi connectivity index (χ4v) is 2.35. The van der Waals surface area contributed by atoms with E-state index in [1.54, 1.807) is 7.11 Å². The van der Waals surface area contributed by atoms with Crippen molar-refractivity contribution in [2.75, 3.05) is 20.8 Å². The van der Waals surface area contributed by atoms with Gasteiger partial charge in [0.2, 0.25) is 0 Å². The Bertz CT molecular complexity index is 337. The Hall–Kier alpha value is -0.940. The third-order valence-corrected chi connectivity index (χ3v) is 3.42. The van der Waals surface area contributed by atoms with Crippen LogP contribution in [0.3, 0.4) is 0 Å². The zero-order valence-electron chi connectivity index (χ0n) is 11.8. The van der Waals surface area contributed by atoms with Crippen LogP contribution in [0.2, 0.25) is 0 Å². The van der Waals surface area contributed by atoms with Crippen molar-refractivity contribution in [2.24, 2.45) is 5.92 Å². The van der Waals surface area contributed by atoms with Crippen LogP contribution in [-0.2, 0) is 9.47 Å². The Labute approximate surface area is 115 Å². The van der Waals surface area contributed by atoms with Gasteiger partial charge in [-0.05, 0) is 17.9 Å². The van der Waals surface area contributed by atoms with Gasteiger partial charge >= 0.3 is 0 Å². The highest BCUT2D eigenvalue weighted by Crippen LogP contribution is 2.29. The molecule has 0 saturated heterocycles. The van der Waals surface area contributed by atoms with Crippen molar-refractivity contribution in [3.05, 3.63) is 35.9 Å². The first kappa shape index (κ1) is 16.1. The fourth-order valence-electron chi connectivity index (χ4n) is 2.35. The highest BCUT2D eigenvalue weighted by Gasteiger charge is 2.25. The largest absolute Gasteiger partial charge is 0.394 e. The lowest BCUT2D eigenvalue weighted by Crippen LogP contribution is -2.33. The van der Waals surface area contributed by atoms with Crippen LogP contribution in [0.5, 0.6) is 0 Å². The molecule has 0 unspecified atom stereocenters. The molecule has 1 aromatic rings. The number of hydrogen-bond acceptors (Lipinski definition) is 4. The van der Waals surface area contributed by atoms with Gasteiger partial charge in [-0.3, -0.25) is 0 Å². The van der Waals surface area contributed by atoms with Gasteiger partial charge in [-0.15, -0.1) is 0 Å². The minimum Gasteiger partial charge on any atom is -0.394 e. The lowest BCUT2D eigenvalue weighted by atomic mass is 9.91. The first-order valence-electron chi connectivity index (χ1n) is 6.53. The van der Waals surface area contributed by atoms with E-state index in [1.807, 2.05) is 37.3 Å². The summed E-state index contributed by atoms with van der Waals surface area (Å²) < 4.78 is 10.6. The number of ether oxygens (including phenoxy) is 2. The van der Waals surface area contributed by atoms with Crippen LogP contribution in [-0.4, -0.2) is 43.2 Å². The van der Waals surface area contributed by atoms with Crippen LogP contribution < -0.4 is 0 Å². The van der Waals surface area contributed by atoms with E-state index in [0.29, 0.717) is 6.42 Å². The van der Waals surface area contributed by atoms with E-state index >= 15 is 0 Å². The van der Waals surface area contributed by atoms with Gasteiger partial charge in [0.25, 0.3) is 0 Å². The average Bonchev–Trinajstić information content (AvgIpc) is 2.42. The summed E-state index contributed by atoms with van der Waals surface area (Å²) in [4.78, 5) is 0. The molecule has 0 amide bonds. The maximum atomic E-state index is 10.0. The van der Waals surface area contributed by atoms with E-state index in [9.17, 15) is 5.11 Å². The minimum absolute atomic E-state index is 0.0768. The van der Waals surface area contributed by atoms with Gasteiger partial charge in [0.1, 0.15) is 6.10 Å². The third kappa shape index (κ3) is 4.58. The normalized spacial score (nSPS) is 17.7. The number of aliphatic hydroxyl groups excluding tert-OH is 2. The molecule has 0 aromatic heterocycles. The molecule has 0 fully saturated rings. The van der Waals surface area contributed by atoms with E-state index in [4.69, 9.17) is 14.6 Å². The number of aliphatic hydroxyl groups is 2. The highest BCUT2D eigenvalue weighted by atomic mass is 16.5. The van der Waals surface area contributed by atoms with E-state index in [2.05, 4.69) is 0 Å². The maximum absolute atomic E-state index is 10.0. The predicted octanol–water partition coefficient (Wildman–Crippen LogP) is 1.77. The molecule has 108 valence electrons. The number of hydrogen-bond donors (Lipinski definition) is 2. The summed E-state index contributed by atoms with van der Waals surface area (Å²) in [6.07, 6.45) is -0.818. The van der Waals surface area contributed by atoms with Gasteiger partial charge in [-0.25, -0.2) is 0 Å². The van der Waals surface area contributed by atoms with Crippen molar-refractivity contribution in [1.82, 2.24) is 0 Å². The van der Waals surface area contributed by atoms with Gasteiger partial charge in [0.05, 0.1) is 18.8 Å². The second kappa shape index (κ2) is 8.27. The Morgan fingerprint density at radius 3 is 2.21 bits per heavy atom. The topological polar surface area (TPSA) is 58.9 Å². The molecule has 0 spiro atoms. The van der Waals surface area contributed by atoms with Gasteiger partial charge in [-0.2, -0.15) is 0 Å². The summed E-state index contributed by atoms with van der Waals surface area (Å²) in [5.41, 5.74) is 1.09. The first-order valence-corrected chi connectivity index (χ1v) is 6.53. The Balaban J connectivity index is 2.67. The summed E-state index contributed by atoms with van der Waals surface area (Å²) in [5, 5.41) is 19.1. The Morgan fingerprint density at radius 2 is 1.74 bits per heavy atom. The molecule has 19 heavy (non-hydrogen) atoms. The molecule has 0 aliphatic carbocycles. The standard InChI is InChI=1S/C15H24O4/c1-11(9-13(17)14(10-16)18-2)15(19-3)12-7-5-4-6-8-12/h4-8,11,13-17H,9-10H2,1-3H3/t11-,13+,14+,15+/m0/s1. The van der Waals surface area contributed by atoms with E-state index < -0.39 is 12.2 Å². The molecule has 1 aromatic carbocycles. The molecular weight excluding hydrogens is 244 g/mol. The lowest BCUT2D eigenvalue weighted by Gasteiger charge is -2.27. The molecule has 0 heterocycles. The van der Waals surface area contributed by atoms with Gasteiger partial charge in [0, 0.05) is 14.2 Å². The number of methoxy groups -OCH3 is 2. The summed E-state index contributed by atoms with van der Waals surface area (Å²) in [6.45, 7) is 1.84. The molecule has 0 bridgehead atoms. The van der Waals surface area contributed by atoms with Gasteiger partial charge < -0.3 is 19.7 Å². The van der Waals surface area contributed by atoms with Crippen LogP contribution in [0.15, 0.2) is 30.3 Å². The highest BCUT2D eigenvalue weighted by molar-refractivity contribution is 5.18. The van der Waals surface area contributed by atoms with Crippen LogP contribution >= 0.6 is 0 Å². The van der Waals surface area contributed by atoms with Crippen molar-refractivity contribution in [3.8, 4) is 0 Å². The zero-order chi connectivity index (χ0) is 14.3. The van der Waals surface area contributed by atoms with E-state index in [0.717, 1.165) is 5.56 Å². The monoisotopic (exact) mass is 268 g/mol. The first-order chi connectivity index (χ1) is 9.13. The summed E-state index contributed by atoms with van der Waals surface area (Å²) in [6, 6.07) is 9.92. The third-order valence-electron chi connectivity index (χ3n) is 3.42. The van der Waals surface area contributed by atoms with Crippen molar-refractivity contribution in [1.29, 1.82) is 0 Å². The fraction of sp³-hybridized carbons (Fsp3) is 0.600. The quantitative estimate of drug-likeness (QED) is 0.754. The average molecular weight is 268 g/mol. The van der Waals surface area contributed by atoms with Crippen molar-refractivity contribution >= 4 is 0 Å². The molecule has 0 aliphatic rings. The molecule has 1 rings (SSSR count). The SMILES string of the molecule is CO[C@H](CO)[C@H](O)C[C@H](C)[C@@H](OC)c1ccccc1. The molecular formula is C15H24O4. The molecule has 2 N–H and O–H groups in total. The Kier molecular flexibility index (Phi) is 7.02. The van der Waals surface area contributed by atoms with Crippen LogP contribution in [0.1, 0.15) is 25.0 Å². The van der Waals surface area contributed by atoms with Crippen LogP contribution in [0.25, 0.3) is 0 Å². The molecule has 4 heteroatoms. The van der Waals surface area contributed by atoms with E-state index in [-0.39, 0.29) is 18.6 Å². The Morgan fingerprint density at radius 1 is 1.11 bits per heavy atom. The number of rotatable bonds is 8. The van der Waals surface area contributed by atoms with Crippen molar-refractivity contribution < 1.29 is 19.7 Å². The van der Waals surface area contributed by atoms with E-state index in [1.165, 1.54) is 7.11 Å². The van der Waals surface area contributed by atoms with Gasteiger partial charge in [-0.1, -0.05) is 37.3 Å². The van der Waals surface area contributed by atoms with Crippen LogP contribution in [0.4, 0.5) is 0 Å². The molecule has 4 nitrogen and oxygen atoms in total.